The number of nitrogens with zero attached hydrogens (tertiary/aromatic N) is 3. The van der Waals surface area contributed by atoms with Gasteiger partial charge in [-0.15, -0.1) is 0 Å². The molecule has 1 atom stereocenters. The first-order chi connectivity index (χ1) is 8.10. The number of nitrogens with one attached hydrogen (secondary N) is 2. The lowest BCUT2D eigenvalue weighted by atomic mass is 9.99. The molecule has 1 unspecified atom stereocenters. The quantitative estimate of drug-likeness (QED) is 0.748. The maximum absolute atomic E-state index is 11.9. The highest BCUT2D eigenvalue weighted by Crippen LogP contribution is 2.18. The van der Waals surface area contributed by atoms with E-state index in [-0.39, 0.29) is 5.91 Å². The standard InChI is InChI=1S/C11H19N5O/c1-11(5-3-6-14-11)10(17)12-7-4-9-13-8-16(2)15-9/h8,14H,3-7H2,1-2H3,(H,12,17). The molecule has 0 aliphatic carbocycles. The minimum absolute atomic E-state index is 0.0749. The van der Waals surface area contributed by atoms with Crippen molar-refractivity contribution in [2.45, 2.75) is 31.7 Å². The van der Waals surface area contributed by atoms with Crippen LogP contribution in [-0.2, 0) is 18.3 Å². The number of aryl methyl sites for hydroxylation is 1. The molecule has 1 amide bonds. The third-order valence-corrected chi connectivity index (χ3v) is 3.15. The van der Waals surface area contributed by atoms with E-state index in [2.05, 4.69) is 20.7 Å². The lowest BCUT2D eigenvalue weighted by Gasteiger charge is -2.22. The highest BCUT2D eigenvalue weighted by Gasteiger charge is 2.35. The van der Waals surface area contributed by atoms with Gasteiger partial charge in [0, 0.05) is 20.0 Å². The zero-order valence-electron chi connectivity index (χ0n) is 10.4. The van der Waals surface area contributed by atoms with Gasteiger partial charge < -0.3 is 10.6 Å². The van der Waals surface area contributed by atoms with Gasteiger partial charge in [-0.05, 0) is 26.3 Å². The van der Waals surface area contributed by atoms with Gasteiger partial charge in [-0.1, -0.05) is 0 Å². The summed E-state index contributed by atoms with van der Waals surface area (Å²) in [6.07, 6.45) is 4.30. The van der Waals surface area contributed by atoms with E-state index in [9.17, 15) is 4.79 Å². The number of carbonyl (C=O) groups is 1. The van der Waals surface area contributed by atoms with Gasteiger partial charge in [0.25, 0.3) is 0 Å². The molecular formula is C11H19N5O. The SMILES string of the molecule is Cn1cnc(CCNC(=O)C2(C)CCCN2)n1. The number of amides is 1. The topological polar surface area (TPSA) is 71.8 Å². The first-order valence-electron chi connectivity index (χ1n) is 5.98. The van der Waals surface area contributed by atoms with Crippen molar-refractivity contribution in [1.82, 2.24) is 25.4 Å². The average Bonchev–Trinajstić information content (AvgIpc) is 2.89. The zero-order chi connectivity index (χ0) is 12.3. The van der Waals surface area contributed by atoms with Gasteiger partial charge in [0.05, 0.1) is 5.54 Å². The monoisotopic (exact) mass is 237 g/mol. The van der Waals surface area contributed by atoms with Gasteiger partial charge in [0.1, 0.15) is 6.33 Å². The Balaban J connectivity index is 1.77. The minimum Gasteiger partial charge on any atom is -0.354 e. The fourth-order valence-electron chi connectivity index (χ4n) is 2.07. The Morgan fingerprint density at radius 1 is 1.71 bits per heavy atom. The molecule has 94 valence electrons. The predicted molar refractivity (Wildman–Crippen MR) is 63.4 cm³/mol. The summed E-state index contributed by atoms with van der Waals surface area (Å²) in [6, 6.07) is 0. The van der Waals surface area contributed by atoms with Gasteiger partial charge in [-0.25, -0.2) is 4.98 Å². The molecule has 17 heavy (non-hydrogen) atoms. The molecule has 1 saturated heterocycles. The summed E-state index contributed by atoms with van der Waals surface area (Å²) in [5, 5.41) is 10.3. The van der Waals surface area contributed by atoms with E-state index >= 15 is 0 Å². The molecule has 2 N–H and O–H groups in total. The van der Waals surface area contributed by atoms with Crippen LogP contribution in [0.4, 0.5) is 0 Å². The maximum Gasteiger partial charge on any atom is 0.240 e. The summed E-state index contributed by atoms with van der Waals surface area (Å²) in [4.78, 5) is 16.1. The molecule has 2 heterocycles. The number of hydrogen-bond donors (Lipinski definition) is 2. The van der Waals surface area contributed by atoms with E-state index in [0.29, 0.717) is 13.0 Å². The Kier molecular flexibility index (Phi) is 3.42. The first-order valence-corrected chi connectivity index (χ1v) is 5.98. The van der Waals surface area contributed by atoms with Gasteiger partial charge in [0.2, 0.25) is 5.91 Å². The Hall–Kier alpha value is -1.43. The van der Waals surface area contributed by atoms with E-state index in [1.165, 1.54) is 0 Å². The highest BCUT2D eigenvalue weighted by atomic mass is 16.2. The molecule has 1 aromatic heterocycles. The molecule has 1 aromatic rings. The highest BCUT2D eigenvalue weighted by molar-refractivity contribution is 5.86. The van der Waals surface area contributed by atoms with E-state index in [1.54, 1.807) is 11.0 Å². The molecule has 1 aliphatic heterocycles. The second kappa shape index (κ2) is 4.83. The van der Waals surface area contributed by atoms with E-state index in [4.69, 9.17) is 0 Å². The summed E-state index contributed by atoms with van der Waals surface area (Å²) < 4.78 is 1.66. The molecule has 2 rings (SSSR count). The summed E-state index contributed by atoms with van der Waals surface area (Å²) >= 11 is 0. The van der Waals surface area contributed by atoms with Crippen molar-refractivity contribution in [3.05, 3.63) is 12.2 Å². The van der Waals surface area contributed by atoms with Crippen LogP contribution in [0, 0.1) is 0 Å². The zero-order valence-corrected chi connectivity index (χ0v) is 10.4. The third-order valence-electron chi connectivity index (χ3n) is 3.15. The van der Waals surface area contributed by atoms with Gasteiger partial charge >= 0.3 is 0 Å². The first kappa shape index (κ1) is 12.0. The number of hydrogen-bond acceptors (Lipinski definition) is 4. The predicted octanol–water partition coefficient (Wildman–Crippen LogP) is -0.384. The minimum atomic E-state index is -0.391. The van der Waals surface area contributed by atoms with Crippen molar-refractivity contribution in [3.63, 3.8) is 0 Å². The van der Waals surface area contributed by atoms with Crippen LogP contribution in [0.3, 0.4) is 0 Å². The van der Waals surface area contributed by atoms with Crippen LogP contribution in [-0.4, -0.2) is 39.3 Å². The van der Waals surface area contributed by atoms with E-state index in [0.717, 1.165) is 25.2 Å². The fourth-order valence-corrected chi connectivity index (χ4v) is 2.07. The summed E-state index contributed by atoms with van der Waals surface area (Å²) in [5.74, 6) is 0.836. The molecule has 6 heteroatoms. The van der Waals surface area contributed by atoms with Crippen molar-refractivity contribution in [2.75, 3.05) is 13.1 Å². The molecule has 0 spiro atoms. The summed E-state index contributed by atoms with van der Waals surface area (Å²) in [5.41, 5.74) is -0.391. The fraction of sp³-hybridized carbons (Fsp3) is 0.727. The number of carbonyl (C=O) groups excluding carboxylic acids is 1. The summed E-state index contributed by atoms with van der Waals surface area (Å²) in [6.45, 7) is 3.46. The Morgan fingerprint density at radius 2 is 2.53 bits per heavy atom. The molecular weight excluding hydrogens is 218 g/mol. The average molecular weight is 237 g/mol. The lowest BCUT2D eigenvalue weighted by molar-refractivity contribution is -0.126. The van der Waals surface area contributed by atoms with E-state index in [1.807, 2.05) is 14.0 Å². The molecule has 0 bridgehead atoms. The molecule has 0 radical (unpaired) electrons. The Bertz CT molecular complexity index is 394. The van der Waals surface area contributed by atoms with E-state index < -0.39 is 5.54 Å². The third kappa shape index (κ3) is 2.82. The van der Waals surface area contributed by atoms with Gasteiger partial charge in [-0.2, -0.15) is 5.10 Å². The van der Waals surface area contributed by atoms with Crippen molar-refractivity contribution < 1.29 is 4.79 Å². The number of rotatable bonds is 4. The molecule has 1 fully saturated rings. The van der Waals surface area contributed by atoms with Crippen LogP contribution in [0.25, 0.3) is 0 Å². The normalized spacial score (nSPS) is 23.9. The summed E-state index contributed by atoms with van der Waals surface area (Å²) in [7, 11) is 1.83. The van der Waals surface area contributed by atoms with Crippen LogP contribution in [0.1, 0.15) is 25.6 Å². The van der Waals surface area contributed by atoms with Crippen LogP contribution in [0.15, 0.2) is 6.33 Å². The lowest BCUT2D eigenvalue weighted by Crippen LogP contribution is -2.51. The van der Waals surface area contributed by atoms with Crippen LogP contribution in [0.2, 0.25) is 0 Å². The van der Waals surface area contributed by atoms with Crippen molar-refractivity contribution >= 4 is 5.91 Å². The smallest absolute Gasteiger partial charge is 0.240 e. The van der Waals surface area contributed by atoms with Crippen molar-refractivity contribution in [1.29, 1.82) is 0 Å². The van der Waals surface area contributed by atoms with Crippen LogP contribution in [0.5, 0.6) is 0 Å². The van der Waals surface area contributed by atoms with Crippen molar-refractivity contribution in [2.24, 2.45) is 7.05 Å². The molecule has 0 aromatic carbocycles. The van der Waals surface area contributed by atoms with Gasteiger partial charge in [0.15, 0.2) is 5.82 Å². The van der Waals surface area contributed by atoms with Crippen molar-refractivity contribution in [3.8, 4) is 0 Å². The van der Waals surface area contributed by atoms with Crippen LogP contribution >= 0.6 is 0 Å². The second-order valence-electron chi connectivity index (χ2n) is 4.70. The van der Waals surface area contributed by atoms with Gasteiger partial charge in [-0.3, -0.25) is 9.48 Å². The molecule has 1 aliphatic rings. The Labute approximate surface area is 101 Å². The maximum atomic E-state index is 11.9. The largest absolute Gasteiger partial charge is 0.354 e. The number of aromatic nitrogens is 3. The molecule has 0 saturated carbocycles. The second-order valence-corrected chi connectivity index (χ2v) is 4.70. The Morgan fingerprint density at radius 3 is 3.12 bits per heavy atom. The molecule has 6 nitrogen and oxygen atoms in total. The van der Waals surface area contributed by atoms with Crippen LogP contribution < -0.4 is 10.6 Å².